The summed E-state index contributed by atoms with van der Waals surface area (Å²) in [7, 11) is 0. The Labute approximate surface area is 108 Å². The van der Waals surface area contributed by atoms with Gasteiger partial charge in [0.2, 0.25) is 0 Å². The van der Waals surface area contributed by atoms with Crippen LogP contribution in [0.15, 0.2) is 29.2 Å². The van der Waals surface area contributed by atoms with Gasteiger partial charge in [0.15, 0.2) is 0 Å². The topological polar surface area (TPSA) is 20.3 Å². The largest absolute Gasteiger partial charge is 0.446 e. The van der Waals surface area contributed by atoms with Crippen LogP contribution in [0.2, 0.25) is 0 Å². The molecule has 0 bridgehead atoms. The lowest BCUT2D eigenvalue weighted by atomic mass is 10.2. The molecule has 1 rings (SSSR count). The predicted molar refractivity (Wildman–Crippen MR) is 65.6 cm³/mol. The minimum Gasteiger partial charge on any atom is -0.339 e. The van der Waals surface area contributed by atoms with Crippen molar-refractivity contribution in [2.75, 3.05) is 13.1 Å². The molecule has 0 saturated heterocycles. The highest BCUT2D eigenvalue weighted by atomic mass is 32.2. The standard InChI is InChI=1S/C12H14F3NOS/c1-3-16(4-2)11(17)9-5-7-10(8-6-9)18-12(13,14)15/h5-8H,3-4H2,1-2H3. The Morgan fingerprint density at radius 1 is 1.17 bits per heavy atom. The van der Waals surface area contributed by atoms with Crippen LogP contribution < -0.4 is 0 Å². The Balaban J connectivity index is 2.79. The van der Waals surface area contributed by atoms with Crippen LogP contribution >= 0.6 is 11.8 Å². The molecule has 0 radical (unpaired) electrons. The summed E-state index contributed by atoms with van der Waals surface area (Å²) in [6.45, 7) is 4.87. The maximum Gasteiger partial charge on any atom is 0.446 e. The fourth-order valence-electron chi connectivity index (χ4n) is 1.49. The zero-order valence-corrected chi connectivity index (χ0v) is 10.9. The molecule has 1 aromatic rings. The Morgan fingerprint density at radius 3 is 2.06 bits per heavy atom. The van der Waals surface area contributed by atoms with Crippen molar-refractivity contribution in [3.63, 3.8) is 0 Å². The average molecular weight is 277 g/mol. The van der Waals surface area contributed by atoms with Crippen molar-refractivity contribution in [2.45, 2.75) is 24.3 Å². The molecule has 100 valence electrons. The van der Waals surface area contributed by atoms with E-state index in [-0.39, 0.29) is 22.6 Å². The van der Waals surface area contributed by atoms with E-state index < -0.39 is 5.51 Å². The minimum absolute atomic E-state index is 0.0820. The normalized spacial score (nSPS) is 11.4. The van der Waals surface area contributed by atoms with Crippen LogP contribution in [-0.2, 0) is 0 Å². The van der Waals surface area contributed by atoms with Crippen LogP contribution in [-0.4, -0.2) is 29.4 Å². The van der Waals surface area contributed by atoms with E-state index in [9.17, 15) is 18.0 Å². The van der Waals surface area contributed by atoms with Crippen LogP contribution in [0.3, 0.4) is 0 Å². The molecule has 0 heterocycles. The second kappa shape index (κ2) is 6.13. The molecule has 6 heteroatoms. The second-order valence-electron chi connectivity index (χ2n) is 3.55. The maximum absolute atomic E-state index is 12.1. The van der Waals surface area contributed by atoms with Gasteiger partial charge in [0.1, 0.15) is 0 Å². The number of nitrogens with zero attached hydrogens (tertiary/aromatic N) is 1. The predicted octanol–water partition coefficient (Wildman–Crippen LogP) is 3.78. The van der Waals surface area contributed by atoms with Gasteiger partial charge >= 0.3 is 5.51 Å². The van der Waals surface area contributed by atoms with E-state index >= 15 is 0 Å². The van der Waals surface area contributed by atoms with Crippen LogP contribution in [0.1, 0.15) is 24.2 Å². The van der Waals surface area contributed by atoms with Crippen molar-refractivity contribution in [3.05, 3.63) is 29.8 Å². The molecule has 0 saturated carbocycles. The lowest BCUT2D eigenvalue weighted by molar-refractivity contribution is -0.0328. The number of carbonyl (C=O) groups is 1. The summed E-state index contributed by atoms with van der Waals surface area (Å²) in [5.41, 5.74) is -3.89. The van der Waals surface area contributed by atoms with E-state index in [4.69, 9.17) is 0 Å². The third-order valence-electron chi connectivity index (χ3n) is 2.39. The van der Waals surface area contributed by atoms with Crippen molar-refractivity contribution in [2.24, 2.45) is 0 Å². The first-order valence-corrected chi connectivity index (χ1v) is 6.34. The lowest BCUT2D eigenvalue weighted by Gasteiger charge is -2.18. The zero-order valence-electron chi connectivity index (χ0n) is 10.1. The molecule has 0 aliphatic carbocycles. The molecule has 1 aromatic carbocycles. The van der Waals surface area contributed by atoms with Gasteiger partial charge in [-0.3, -0.25) is 4.79 Å². The molecule has 0 spiro atoms. The molecule has 0 fully saturated rings. The van der Waals surface area contributed by atoms with E-state index in [1.165, 1.54) is 24.3 Å². The van der Waals surface area contributed by atoms with Gasteiger partial charge in [0.25, 0.3) is 5.91 Å². The number of rotatable bonds is 4. The van der Waals surface area contributed by atoms with Crippen molar-refractivity contribution >= 4 is 17.7 Å². The van der Waals surface area contributed by atoms with Crippen molar-refractivity contribution in [1.82, 2.24) is 4.90 Å². The Bertz CT molecular complexity index is 399. The summed E-state index contributed by atoms with van der Waals surface area (Å²) in [5, 5.41) is 0. The number of hydrogen-bond donors (Lipinski definition) is 0. The summed E-state index contributed by atoms with van der Waals surface area (Å²) in [6, 6.07) is 5.48. The summed E-state index contributed by atoms with van der Waals surface area (Å²) in [6.07, 6.45) is 0. The number of hydrogen-bond acceptors (Lipinski definition) is 2. The minimum atomic E-state index is -4.30. The first-order chi connectivity index (χ1) is 8.37. The molecule has 0 aliphatic rings. The Hall–Kier alpha value is -1.17. The highest BCUT2D eigenvalue weighted by Gasteiger charge is 2.29. The molecular weight excluding hydrogens is 263 g/mol. The number of alkyl halides is 3. The molecular formula is C12H14F3NOS. The zero-order chi connectivity index (χ0) is 13.8. The van der Waals surface area contributed by atoms with Gasteiger partial charge in [0, 0.05) is 23.5 Å². The second-order valence-corrected chi connectivity index (χ2v) is 4.69. The van der Waals surface area contributed by atoms with E-state index in [0.717, 1.165) is 0 Å². The van der Waals surface area contributed by atoms with Gasteiger partial charge in [-0.15, -0.1) is 0 Å². The van der Waals surface area contributed by atoms with Gasteiger partial charge in [0.05, 0.1) is 0 Å². The van der Waals surface area contributed by atoms with Gasteiger partial charge in [-0.2, -0.15) is 13.2 Å². The first kappa shape index (κ1) is 14.9. The fourth-order valence-corrected chi connectivity index (χ4v) is 2.03. The number of benzene rings is 1. The third kappa shape index (κ3) is 4.25. The molecule has 18 heavy (non-hydrogen) atoms. The quantitative estimate of drug-likeness (QED) is 0.781. The molecule has 0 aliphatic heterocycles. The van der Waals surface area contributed by atoms with E-state index in [2.05, 4.69) is 0 Å². The summed E-state index contributed by atoms with van der Waals surface area (Å²) < 4.78 is 36.4. The maximum atomic E-state index is 12.1. The fraction of sp³-hybridized carbons (Fsp3) is 0.417. The highest BCUT2D eigenvalue weighted by molar-refractivity contribution is 8.00. The lowest BCUT2D eigenvalue weighted by Crippen LogP contribution is -2.30. The number of amides is 1. The monoisotopic (exact) mass is 277 g/mol. The molecule has 1 amide bonds. The van der Waals surface area contributed by atoms with Gasteiger partial charge in [-0.1, -0.05) is 0 Å². The Morgan fingerprint density at radius 2 is 1.67 bits per heavy atom. The molecule has 2 nitrogen and oxygen atoms in total. The van der Waals surface area contributed by atoms with Crippen LogP contribution in [0.25, 0.3) is 0 Å². The number of halogens is 3. The third-order valence-corrected chi connectivity index (χ3v) is 3.12. The van der Waals surface area contributed by atoms with E-state index in [0.29, 0.717) is 18.7 Å². The number of thioether (sulfide) groups is 1. The SMILES string of the molecule is CCN(CC)C(=O)c1ccc(SC(F)(F)F)cc1. The number of carbonyl (C=O) groups excluding carboxylic acids is 1. The summed E-state index contributed by atoms with van der Waals surface area (Å²) in [5.74, 6) is -0.163. The average Bonchev–Trinajstić information content (AvgIpc) is 2.29. The molecule has 0 unspecified atom stereocenters. The first-order valence-electron chi connectivity index (χ1n) is 5.52. The van der Waals surface area contributed by atoms with Crippen molar-refractivity contribution < 1.29 is 18.0 Å². The van der Waals surface area contributed by atoms with E-state index in [1.54, 1.807) is 4.90 Å². The summed E-state index contributed by atoms with van der Waals surface area (Å²) in [4.78, 5) is 13.6. The molecule has 0 aromatic heterocycles. The van der Waals surface area contributed by atoms with Gasteiger partial charge in [-0.25, -0.2) is 0 Å². The van der Waals surface area contributed by atoms with Crippen LogP contribution in [0, 0.1) is 0 Å². The van der Waals surface area contributed by atoms with E-state index in [1.807, 2.05) is 13.8 Å². The van der Waals surface area contributed by atoms with Crippen LogP contribution in [0.5, 0.6) is 0 Å². The van der Waals surface area contributed by atoms with Gasteiger partial charge in [-0.05, 0) is 49.9 Å². The summed E-state index contributed by atoms with van der Waals surface area (Å²) >= 11 is -0.184. The Kier molecular flexibility index (Phi) is 5.07. The van der Waals surface area contributed by atoms with Crippen molar-refractivity contribution in [3.8, 4) is 0 Å². The molecule has 0 N–H and O–H groups in total. The van der Waals surface area contributed by atoms with Crippen molar-refractivity contribution in [1.29, 1.82) is 0 Å². The smallest absolute Gasteiger partial charge is 0.339 e. The molecule has 0 atom stereocenters. The van der Waals surface area contributed by atoms with Gasteiger partial charge < -0.3 is 4.90 Å². The van der Waals surface area contributed by atoms with Crippen LogP contribution in [0.4, 0.5) is 13.2 Å². The highest BCUT2D eigenvalue weighted by Crippen LogP contribution is 2.36.